The number of aliphatic hydroxyl groups is 1. The van der Waals surface area contributed by atoms with Crippen molar-refractivity contribution in [3.63, 3.8) is 0 Å². The highest BCUT2D eigenvalue weighted by Crippen LogP contribution is 2.48. The van der Waals surface area contributed by atoms with Crippen LogP contribution in [0.15, 0.2) is 79.4 Å². The minimum absolute atomic E-state index is 0.0314. The molecular formula is C36H39FN4O7. The molecule has 1 fully saturated rings. The van der Waals surface area contributed by atoms with Crippen molar-refractivity contribution >= 4 is 23.5 Å². The number of amides is 1. The van der Waals surface area contributed by atoms with Gasteiger partial charge in [-0.2, -0.15) is 5.10 Å². The monoisotopic (exact) mass is 658 g/mol. The maximum absolute atomic E-state index is 13.6. The largest absolute Gasteiger partial charge is 0.508 e. The number of phenolic OH excluding ortho intramolecular Hbond substituents is 1. The number of unbranched alkanes of at least 4 members (excludes halogenated alkanes) is 1. The Hall–Kier alpha value is -5.10. The molecule has 5 rings (SSSR count). The van der Waals surface area contributed by atoms with Crippen molar-refractivity contribution in [3.8, 4) is 5.75 Å². The molecule has 1 aliphatic heterocycles. The lowest BCUT2D eigenvalue weighted by Gasteiger charge is -2.48. The van der Waals surface area contributed by atoms with Gasteiger partial charge in [-0.05, 0) is 98.4 Å². The van der Waals surface area contributed by atoms with Crippen molar-refractivity contribution in [1.29, 1.82) is 0 Å². The van der Waals surface area contributed by atoms with Crippen LogP contribution in [0, 0.1) is 17.7 Å². The summed E-state index contributed by atoms with van der Waals surface area (Å²) in [6.45, 7) is 0.784. The summed E-state index contributed by atoms with van der Waals surface area (Å²) in [6, 6.07) is 18.0. The first-order valence-corrected chi connectivity index (χ1v) is 16.1. The Bertz CT molecular complexity index is 1680. The zero-order valence-electron chi connectivity index (χ0n) is 26.4. The van der Waals surface area contributed by atoms with Crippen LogP contribution in [0.1, 0.15) is 72.9 Å². The van der Waals surface area contributed by atoms with Gasteiger partial charge in [-0.3, -0.25) is 19.1 Å². The second-order valence-corrected chi connectivity index (χ2v) is 12.2. The van der Waals surface area contributed by atoms with Crippen LogP contribution in [0.2, 0.25) is 0 Å². The molecule has 3 atom stereocenters. The Labute approximate surface area is 277 Å². The summed E-state index contributed by atoms with van der Waals surface area (Å²) < 4.78 is 15.2. The first kappa shape index (κ1) is 34.2. The minimum atomic E-state index is -1.50. The summed E-state index contributed by atoms with van der Waals surface area (Å²) in [5.41, 5.74) is 3.60. The van der Waals surface area contributed by atoms with Crippen LogP contribution in [0.3, 0.4) is 0 Å². The van der Waals surface area contributed by atoms with E-state index in [0.29, 0.717) is 41.6 Å². The van der Waals surface area contributed by atoms with E-state index in [0.717, 1.165) is 31.4 Å². The van der Waals surface area contributed by atoms with E-state index in [9.17, 15) is 29.0 Å². The maximum atomic E-state index is 13.6. The number of rotatable bonds is 17. The number of hydrogen-bond donors (Lipinski definition) is 4. The molecule has 11 nitrogen and oxygen atoms in total. The van der Waals surface area contributed by atoms with Gasteiger partial charge in [-0.25, -0.2) is 9.37 Å². The number of aryl methyl sites for hydroxylation is 3. The van der Waals surface area contributed by atoms with Gasteiger partial charge in [-0.1, -0.05) is 36.4 Å². The Balaban J connectivity index is 1.29. The van der Waals surface area contributed by atoms with E-state index >= 15 is 0 Å². The van der Waals surface area contributed by atoms with Crippen molar-refractivity contribution in [1.82, 2.24) is 14.8 Å². The van der Waals surface area contributed by atoms with Crippen LogP contribution < -0.4 is 4.90 Å². The van der Waals surface area contributed by atoms with Gasteiger partial charge in [0.25, 0.3) is 0 Å². The van der Waals surface area contributed by atoms with E-state index in [1.165, 1.54) is 30.6 Å². The lowest BCUT2D eigenvalue weighted by molar-refractivity contribution is -0.154. The highest BCUT2D eigenvalue weighted by Gasteiger charge is 2.49. The van der Waals surface area contributed by atoms with Gasteiger partial charge in [0.05, 0.1) is 18.1 Å². The number of aromatic nitrogens is 3. The first-order valence-electron chi connectivity index (χ1n) is 16.1. The topological polar surface area (TPSA) is 166 Å². The number of carbonyl (C=O) groups is 3. The third kappa shape index (κ3) is 8.24. The molecule has 0 bridgehead atoms. The quantitative estimate of drug-likeness (QED) is 0.0654. The fourth-order valence-corrected chi connectivity index (χ4v) is 6.29. The minimum Gasteiger partial charge on any atom is -0.508 e. The van der Waals surface area contributed by atoms with Gasteiger partial charge >= 0.3 is 11.9 Å². The van der Waals surface area contributed by atoms with Gasteiger partial charge in [0.1, 0.15) is 24.2 Å². The second-order valence-electron chi connectivity index (χ2n) is 12.2. The standard InChI is InChI=1S/C36H39FN4O7/c37-26-12-10-25(11-13-26)31(42)18-17-29-33(28-16-9-24(20-32(28)43)5-3-6-30(35(45)46)36(47)48)41(34(29)44)27-14-7-23(8-15-27)4-1-2-19-40-22-38-21-39-40/h7-16,20-22,29-31,33,42-43H,1-6,17-19H2,(H,45,46)(H,47,48)/t29-,31+,33-/m1/s1. The lowest BCUT2D eigenvalue weighted by Crippen LogP contribution is -2.55. The zero-order chi connectivity index (χ0) is 34.2. The van der Waals surface area contributed by atoms with Gasteiger partial charge in [0, 0.05) is 17.8 Å². The van der Waals surface area contributed by atoms with E-state index < -0.39 is 41.7 Å². The summed E-state index contributed by atoms with van der Waals surface area (Å²) in [5.74, 6) is -5.37. The van der Waals surface area contributed by atoms with E-state index in [2.05, 4.69) is 10.1 Å². The number of benzene rings is 3. The summed E-state index contributed by atoms with van der Waals surface area (Å²) in [6.07, 6.45) is 6.27. The van der Waals surface area contributed by atoms with Gasteiger partial charge < -0.3 is 25.3 Å². The van der Waals surface area contributed by atoms with Crippen LogP contribution in [0.5, 0.6) is 5.75 Å². The molecule has 1 amide bonds. The molecule has 0 aliphatic carbocycles. The number of carbonyl (C=O) groups excluding carboxylic acids is 1. The van der Waals surface area contributed by atoms with Crippen LogP contribution in [-0.2, 0) is 33.8 Å². The molecule has 4 aromatic rings. The summed E-state index contributed by atoms with van der Waals surface area (Å²) in [4.78, 5) is 41.7. The third-order valence-electron chi connectivity index (χ3n) is 8.97. The van der Waals surface area contributed by atoms with E-state index in [1.54, 1.807) is 34.1 Å². The number of phenols is 1. The summed E-state index contributed by atoms with van der Waals surface area (Å²) in [5, 5.41) is 44.4. The van der Waals surface area contributed by atoms with Gasteiger partial charge in [-0.15, -0.1) is 0 Å². The molecular weight excluding hydrogens is 619 g/mol. The Morgan fingerprint density at radius 1 is 0.875 bits per heavy atom. The molecule has 2 heterocycles. The maximum Gasteiger partial charge on any atom is 0.317 e. The zero-order valence-corrected chi connectivity index (χ0v) is 26.4. The Kier molecular flexibility index (Phi) is 11.2. The van der Waals surface area contributed by atoms with Crippen molar-refractivity contribution in [2.75, 3.05) is 4.90 Å². The molecule has 0 saturated carbocycles. The molecule has 0 unspecified atom stereocenters. The number of β-lactam (4-membered cyclic amide) rings is 1. The van der Waals surface area contributed by atoms with Crippen LogP contribution in [0.4, 0.5) is 10.1 Å². The molecule has 12 heteroatoms. The fraction of sp³-hybridized carbons (Fsp3) is 0.361. The molecule has 252 valence electrons. The number of carboxylic acids is 2. The van der Waals surface area contributed by atoms with Crippen molar-refractivity contribution < 1.29 is 39.2 Å². The first-order chi connectivity index (χ1) is 23.1. The lowest BCUT2D eigenvalue weighted by atomic mass is 9.77. The third-order valence-corrected chi connectivity index (χ3v) is 8.97. The predicted octanol–water partition coefficient (Wildman–Crippen LogP) is 5.47. The van der Waals surface area contributed by atoms with Crippen molar-refractivity contribution in [2.45, 2.75) is 70.1 Å². The summed E-state index contributed by atoms with van der Waals surface area (Å²) >= 11 is 0. The number of hydrogen-bond acceptors (Lipinski definition) is 7. The average molecular weight is 659 g/mol. The van der Waals surface area contributed by atoms with E-state index in [1.807, 2.05) is 24.3 Å². The van der Waals surface area contributed by atoms with Crippen LogP contribution >= 0.6 is 0 Å². The molecule has 0 radical (unpaired) electrons. The normalized spacial score (nSPS) is 16.6. The number of nitrogens with zero attached hydrogens (tertiary/aromatic N) is 4. The van der Waals surface area contributed by atoms with Crippen LogP contribution in [0.25, 0.3) is 0 Å². The summed E-state index contributed by atoms with van der Waals surface area (Å²) in [7, 11) is 0. The Morgan fingerprint density at radius 2 is 1.56 bits per heavy atom. The molecule has 1 saturated heterocycles. The molecule has 48 heavy (non-hydrogen) atoms. The SMILES string of the molecule is O=C(O)C(CCCc1ccc([C@@H]2[C@@H](CC[C@H](O)c3ccc(F)cc3)C(=O)N2c2ccc(CCCCn3cncn3)cc2)c(O)c1)C(=O)O. The number of aliphatic carboxylic acids is 2. The number of carboxylic acid groups (broad SMARTS) is 2. The number of halogens is 1. The Morgan fingerprint density at radius 3 is 2.21 bits per heavy atom. The van der Waals surface area contributed by atoms with E-state index in [4.69, 9.17) is 10.2 Å². The van der Waals surface area contributed by atoms with Gasteiger partial charge in [0.2, 0.25) is 5.91 Å². The van der Waals surface area contributed by atoms with Gasteiger partial charge in [0.15, 0.2) is 5.92 Å². The molecule has 4 N–H and O–H groups in total. The van der Waals surface area contributed by atoms with Crippen LogP contribution in [-0.4, -0.2) is 53.0 Å². The number of aromatic hydroxyl groups is 1. The fourth-order valence-electron chi connectivity index (χ4n) is 6.29. The predicted molar refractivity (Wildman–Crippen MR) is 174 cm³/mol. The number of aliphatic hydroxyl groups excluding tert-OH is 1. The molecule has 3 aromatic carbocycles. The average Bonchev–Trinajstić information content (AvgIpc) is 3.58. The van der Waals surface area contributed by atoms with Crippen molar-refractivity contribution in [2.24, 2.45) is 11.8 Å². The number of anilines is 1. The molecule has 0 spiro atoms. The molecule has 1 aromatic heterocycles. The highest BCUT2D eigenvalue weighted by atomic mass is 19.1. The highest BCUT2D eigenvalue weighted by molar-refractivity contribution is 6.03. The second kappa shape index (κ2) is 15.7. The van der Waals surface area contributed by atoms with Crippen molar-refractivity contribution in [3.05, 3.63) is 107 Å². The molecule has 1 aliphatic rings. The van der Waals surface area contributed by atoms with E-state index in [-0.39, 0.29) is 24.5 Å². The smallest absolute Gasteiger partial charge is 0.317 e.